The molecule has 17 heavy (non-hydrogen) atoms. The smallest absolute Gasteiger partial charge is 0.408 e. The molecule has 0 radical (unpaired) electrons. The molecule has 4 nitrogen and oxygen atoms in total. The van der Waals surface area contributed by atoms with Gasteiger partial charge in [0.15, 0.2) is 5.78 Å². The molecular formula is C13H23NO3. The largest absolute Gasteiger partial charge is 0.444 e. The Labute approximate surface area is 103 Å². The summed E-state index contributed by atoms with van der Waals surface area (Å²) in [6.07, 6.45) is 0.839. The third kappa shape index (κ3) is 3.45. The molecule has 1 N–H and O–H groups in total. The Morgan fingerprint density at radius 1 is 1.18 bits per heavy atom. The molecule has 1 rings (SSSR count). The van der Waals surface area contributed by atoms with Gasteiger partial charge in [-0.05, 0) is 46.0 Å². The van der Waals surface area contributed by atoms with Gasteiger partial charge in [-0.15, -0.1) is 0 Å². The van der Waals surface area contributed by atoms with Crippen LogP contribution in [0.3, 0.4) is 0 Å². The lowest BCUT2D eigenvalue weighted by atomic mass is 9.58. The molecule has 1 aliphatic rings. The summed E-state index contributed by atoms with van der Waals surface area (Å²) in [5.41, 5.74) is -1.14. The Morgan fingerprint density at radius 3 is 1.94 bits per heavy atom. The van der Waals surface area contributed by atoms with Gasteiger partial charge in [-0.2, -0.15) is 0 Å². The minimum absolute atomic E-state index is 0.00249. The average molecular weight is 241 g/mol. The number of carbonyl (C=O) groups is 2. The highest BCUT2D eigenvalue weighted by Crippen LogP contribution is 2.48. The van der Waals surface area contributed by atoms with Gasteiger partial charge < -0.3 is 10.1 Å². The summed E-state index contributed by atoms with van der Waals surface area (Å²) in [4.78, 5) is 23.4. The molecule has 0 aromatic heterocycles. The maximum Gasteiger partial charge on any atom is 0.408 e. The van der Waals surface area contributed by atoms with E-state index in [1.54, 1.807) is 20.8 Å². The Bertz CT molecular complexity index is 331. The van der Waals surface area contributed by atoms with Crippen LogP contribution in [0.25, 0.3) is 0 Å². The lowest BCUT2D eigenvalue weighted by molar-refractivity contribution is -0.132. The van der Waals surface area contributed by atoms with Crippen LogP contribution >= 0.6 is 0 Å². The molecule has 1 saturated carbocycles. The Balaban J connectivity index is 2.65. The number of hydrogen-bond donors (Lipinski definition) is 1. The molecule has 0 aliphatic heterocycles. The summed E-state index contributed by atoms with van der Waals surface area (Å²) in [5.74, 6) is 0.00249. The normalized spacial score (nSPS) is 21.3. The molecule has 0 aromatic carbocycles. The second-order valence-corrected chi connectivity index (χ2v) is 6.78. The molecule has 0 spiro atoms. The lowest BCUT2D eigenvalue weighted by Crippen LogP contribution is -2.64. The van der Waals surface area contributed by atoms with E-state index < -0.39 is 17.2 Å². The summed E-state index contributed by atoms with van der Waals surface area (Å²) in [5, 5.41) is 2.73. The van der Waals surface area contributed by atoms with Crippen LogP contribution in [-0.4, -0.2) is 23.0 Å². The number of amides is 1. The van der Waals surface area contributed by atoms with Crippen LogP contribution in [0.1, 0.15) is 54.4 Å². The minimum Gasteiger partial charge on any atom is -0.444 e. The first kappa shape index (κ1) is 14.0. The van der Waals surface area contributed by atoms with Gasteiger partial charge in [-0.1, -0.05) is 13.8 Å². The van der Waals surface area contributed by atoms with E-state index in [9.17, 15) is 9.59 Å². The van der Waals surface area contributed by atoms with Crippen LogP contribution in [0, 0.1) is 5.41 Å². The molecule has 0 saturated heterocycles. The topological polar surface area (TPSA) is 55.4 Å². The van der Waals surface area contributed by atoms with E-state index in [1.165, 1.54) is 6.92 Å². The number of rotatable bonds is 2. The molecule has 0 heterocycles. The van der Waals surface area contributed by atoms with Crippen molar-refractivity contribution in [2.24, 2.45) is 5.41 Å². The molecule has 0 bridgehead atoms. The zero-order chi connectivity index (χ0) is 13.5. The van der Waals surface area contributed by atoms with Crippen LogP contribution in [0.5, 0.6) is 0 Å². The number of hydrogen-bond acceptors (Lipinski definition) is 3. The maximum absolute atomic E-state index is 11.7. The van der Waals surface area contributed by atoms with Crippen molar-refractivity contribution < 1.29 is 14.3 Å². The van der Waals surface area contributed by atoms with E-state index >= 15 is 0 Å². The van der Waals surface area contributed by atoms with Crippen LogP contribution in [0.2, 0.25) is 0 Å². The van der Waals surface area contributed by atoms with Crippen molar-refractivity contribution in [3.05, 3.63) is 0 Å². The zero-order valence-corrected chi connectivity index (χ0v) is 11.6. The first-order valence-electron chi connectivity index (χ1n) is 5.98. The van der Waals surface area contributed by atoms with E-state index in [2.05, 4.69) is 19.2 Å². The maximum atomic E-state index is 11.7. The summed E-state index contributed by atoms with van der Waals surface area (Å²) in [7, 11) is 0. The standard InChI is InChI=1S/C13H23NO3/c1-9(15)13(7-12(5,6)8-13)14-10(16)17-11(2,3)4/h7-8H2,1-6H3,(H,14,16). The predicted octanol–water partition coefficient (Wildman–Crippen LogP) is 2.66. The van der Waals surface area contributed by atoms with E-state index in [4.69, 9.17) is 4.74 Å². The number of carbonyl (C=O) groups excluding carboxylic acids is 2. The van der Waals surface area contributed by atoms with Gasteiger partial charge in [-0.3, -0.25) is 4.79 Å². The molecule has 0 atom stereocenters. The van der Waals surface area contributed by atoms with Gasteiger partial charge >= 0.3 is 6.09 Å². The highest BCUT2D eigenvalue weighted by molar-refractivity contribution is 5.91. The Hall–Kier alpha value is -1.06. The number of alkyl carbamates (subject to hydrolysis) is 1. The van der Waals surface area contributed by atoms with Gasteiger partial charge in [0, 0.05) is 0 Å². The third-order valence-corrected chi connectivity index (χ3v) is 2.97. The average Bonchev–Trinajstić information content (AvgIpc) is 1.94. The van der Waals surface area contributed by atoms with E-state index in [0.717, 1.165) is 0 Å². The van der Waals surface area contributed by atoms with Crippen molar-refractivity contribution in [2.75, 3.05) is 0 Å². The first-order chi connectivity index (χ1) is 7.46. The number of ether oxygens (including phenoxy) is 1. The second-order valence-electron chi connectivity index (χ2n) is 6.78. The predicted molar refractivity (Wildman–Crippen MR) is 65.8 cm³/mol. The Morgan fingerprint density at radius 2 is 1.65 bits per heavy atom. The van der Waals surface area contributed by atoms with Crippen molar-refractivity contribution in [3.8, 4) is 0 Å². The molecular weight excluding hydrogens is 218 g/mol. The van der Waals surface area contributed by atoms with Crippen LogP contribution < -0.4 is 5.32 Å². The van der Waals surface area contributed by atoms with Gasteiger partial charge in [0.1, 0.15) is 11.1 Å². The second kappa shape index (κ2) is 4.00. The quantitative estimate of drug-likeness (QED) is 0.808. The summed E-state index contributed by atoms with van der Waals surface area (Å²) in [6, 6.07) is 0. The fourth-order valence-corrected chi connectivity index (χ4v) is 2.51. The van der Waals surface area contributed by atoms with Gasteiger partial charge in [0.25, 0.3) is 0 Å². The fourth-order valence-electron chi connectivity index (χ4n) is 2.51. The van der Waals surface area contributed by atoms with E-state index in [-0.39, 0.29) is 11.2 Å². The molecule has 1 fully saturated rings. The van der Waals surface area contributed by atoms with Gasteiger partial charge in [-0.25, -0.2) is 4.79 Å². The van der Waals surface area contributed by atoms with Crippen molar-refractivity contribution in [2.45, 2.75) is 65.5 Å². The molecule has 4 heteroatoms. The highest BCUT2D eigenvalue weighted by Gasteiger charge is 2.53. The molecule has 0 unspecified atom stereocenters. The van der Waals surface area contributed by atoms with E-state index in [1.807, 2.05) is 0 Å². The van der Waals surface area contributed by atoms with Crippen molar-refractivity contribution in [1.29, 1.82) is 0 Å². The first-order valence-corrected chi connectivity index (χ1v) is 5.98. The van der Waals surface area contributed by atoms with Crippen molar-refractivity contribution in [1.82, 2.24) is 5.32 Å². The Kier molecular flexibility index (Phi) is 3.29. The molecule has 98 valence electrons. The number of ketones is 1. The monoisotopic (exact) mass is 241 g/mol. The number of nitrogens with one attached hydrogen (secondary N) is 1. The zero-order valence-electron chi connectivity index (χ0n) is 11.6. The summed E-state index contributed by atoms with van der Waals surface area (Å²) in [6.45, 7) is 11.1. The molecule has 0 aromatic rings. The SMILES string of the molecule is CC(=O)C1(NC(=O)OC(C)(C)C)CC(C)(C)C1. The fraction of sp³-hybridized carbons (Fsp3) is 0.846. The number of Topliss-reactive ketones (excluding diaryl/α,β-unsaturated/α-hetero) is 1. The third-order valence-electron chi connectivity index (χ3n) is 2.97. The van der Waals surface area contributed by atoms with Crippen LogP contribution in [0.4, 0.5) is 4.79 Å². The molecule has 1 amide bonds. The van der Waals surface area contributed by atoms with Crippen LogP contribution in [0.15, 0.2) is 0 Å². The van der Waals surface area contributed by atoms with Gasteiger partial charge in [0.05, 0.1) is 0 Å². The van der Waals surface area contributed by atoms with Gasteiger partial charge in [0.2, 0.25) is 0 Å². The summed E-state index contributed by atoms with van der Waals surface area (Å²) < 4.78 is 5.19. The minimum atomic E-state index is -0.716. The lowest BCUT2D eigenvalue weighted by Gasteiger charge is -2.51. The van der Waals surface area contributed by atoms with E-state index in [0.29, 0.717) is 12.8 Å². The summed E-state index contributed by atoms with van der Waals surface area (Å²) >= 11 is 0. The van der Waals surface area contributed by atoms with Crippen LogP contribution in [-0.2, 0) is 9.53 Å². The molecule has 1 aliphatic carbocycles. The van der Waals surface area contributed by atoms with Crippen molar-refractivity contribution in [3.63, 3.8) is 0 Å². The highest BCUT2D eigenvalue weighted by atomic mass is 16.6. The van der Waals surface area contributed by atoms with Crippen molar-refractivity contribution >= 4 is 11.9 Å².